The van der Waals surface area contributed by atoms with E-state index in [0.717, 1.165) is 46.8 Å². The number of rotatable bonds is 6. The summed E-state index contributed by atoms with van der Waals surface area (Å²) in [5.41, 5.74) is 10.1. The molecule has 0 saturated heterocycles. The van der Waals surface area contributed by atoms with Crippen molar-refractivity contribution in [2.24, 2.45) is 5.73 Å². The van der Waals surface area contributed by atoms with Gasteiger partial charge < -0.3 is 20.4 Å². The predicted molar refractivity (Wildman–Crippen MR) is 154 cm³/mol. The molecule has 1 amide bonds. The fraction of sp³-hybridized carbons (Fsp3) is 0.312. The number of aromatic amines is 1. The maximum Gasteiger partial charge on any atom is 0.240 e. The first-order valence-electron chi connectivity index (χ1n) is 13.1. The highest BCUT2D eigenvalue weighted by Crippen LogP contribution is 2.29. The van der Waals surface area contributed by atoms with Gasteiger partial charge in [-0.15, -0.1) is 0 Å². The number of nitrogens with one attached hydrogen (secondary N) is 1. The van der Waals surface area contributed by atoms with Gasteiger partial charge >= 0.3 is 0 Å². The molecule has 3 aromatic rings. The molecule has 198 valence electrons. The van der Waals surface area contributed by atoms with Crippen LogP contribution in [0.4, 0.5) is 0 Å². The van der Waals surface area contributed by atoms with Crippen molar-refractivity contribution in [2.45, 2.75) is 57.7 Å². The number of nitrogens with zero attached hydrogens (tertiary/aromatic N) is 2. The van der Waals surface area contributed by atoms with Crippen LogP contribution in [0.2, 0.25) is 0 Å². The summed E-state index contributed by atoms with van der Waals surface area (Å²) in [6.07, 6.45) is 11.8. The Bertz CT molecular complexity index is 1280. The van der Waals surface area contributed by atoms with E-state index in [0.29, 0.717) is 13.0 Å². The number of aromatic nitrogens is 2. The normalized spacial score (nSPS) is 19.0. The molecule has 2 atom stereocenters. The molecule has 0 bridgehead atoms. The topological polar surface area (TPSA) is 84.2 Å². The SMILES string of the molecule is C=C1/C=C\C=C/CC[C@@H](c2ncc(-c3ccccc3)[nH]2)N(C(=O)[C@@H](N)Cc2ccc(OC(C)(C)C)cc2)C1. The second-order valence-electron chi connectivity index (χ2n) is 10.7. The van der Waals surface area contributed by atoms with Crippen LogP contribution in [-0.2, 0) is 11.2 Å². The number of ether oxygens (including phenoxy) is 1. The standard InChI is InChI=1S/C32H38N4O2/c1-23-12-8-5-6-11-15-29(30-34-21-28(35-30)25-13-9-7-10-14-25)36(22-23)31(37)27(33)20-24-16-18-26(19-17-24)38-32(2,3)4/h5-10,12-14,16-19,21,27,29H,1,11,15,20,22,33H2,2-4H3,(H,34,35)/b6-5-,12-8-/t27-,29-/m0/s1. The lowest BCUT2D eigenvalue weighted by atomic mass is 10.0. The summed E-state index contributed by atoms with van der Waals surface area (Å²) in [4.78, 5) is 23.9. The van der Waals surface area contributed by atoms with Gasteiger partial charge in [0.1, 0.15) is 17.2 Å². The molecule has 0 radical (unpaired) electrons. The number of benzene rings is 2. The third kappa shape index (κ3) is 7.33. The Labute approximate surface area is 225 Å². The van der Waals surface area contributed by atoms with E-state index in [2.05, 4.69) is 17.6 Å². The number of allylic oxidation sites excluding steroid dienone is 3. The van der Waals surface area contributed by atoms with E-state index < -0.39 is 6.04 Å². The predicted octanol–water partition coefficient (Wildman–Crippen LogP) is 6.16. The van der Waals surface area contributed by atoms with Gasteiger partial charge in [-0.05, 0) is 68.9 Å². The zero-order chi connectivity index (χ0) is 27.1. The Morgan fingerprint density at radius 1 is 1.16 bits per heavy atom. The maximum absolute atomic E-state index is 13.9. The second-order valence-corrected chi connectivity index (χ2v) is 10.7. The first kappa shape index (κ1) is 27.1. The lowest BCUT2D eigenvalue weighted by Gasteiger charge is -2.33. The van der Waals surface area contributed by atoms with Gasteiger partial charge in [-0.3, -0.25) is 4.79 Å². The van der Waals surface area contributed by atoms with Gasteiger partial charge in [0, 0.05) is 6.54 Å². The lowest BCUT2D eigenvalue weighted by molar-refractivity contribution is -0.134. The molecule has 6 heteroatoms. The molecule has 1 aromatic heterocycles. The van der Waals surface area contributed by atoms with Crippen LogP contribution in [-0.4, -0.2) is 39.0 Å². The van der Waals surface area contributed by atoms with Crippen LogP contribution in [0.1, 0.15) is 51.0 Å². The molecule has 0 fully saturated rings. The van der Waals surface area contributed by atoms with Crippen LogP contribution in [0.25, 0.3) is 11.3 Å². The minimum Gasteiger partial charge on any atom is -0.488 e. The van der Waals surface area contributed by atoms with E-state index in [-0.39, 0.29) is 17.6 Å². The quantitative estimate of drug-likeness (QED) is 0.416. The van der Waals surface area contributed by atoms with Crippen molar-refractivity contribution in [3.8, 4) is 17.0 Å². The number of nitrogens with two attached hydrogens (primary N) is 1. The molecule has 1 aliphatic rings. The molecule has 3 N–H and O–H groups in total. The molecule has 2 heterocycles. The second kappa shape index (κ2) is 12.1. The molecule has 0 spiro atoms. The average molecular weight is 511 g/mol. The van der Waals surface area contributed by atoms with Gasteiger partial charge in [0.15, 0.2) is 0 Å². The van der Waals surface area contributed by atoms with Crippen LogP contribution in [0.5, 0.6) is 5.75 Å². The van der Waals surface area contributed by atoms with E-state index >= 15 is 0 Å². The van der Waals surface area contributed by atoms with Crippen LogP contribution < -0.4 is 10.5 Å². The van der Waals surface area contributed by atoms with Crippen molar-refractivity contribution < 1.29 is 9.53 Å². The number of carbonyl (C=O) groups is 1. The van der Waals surface area contributed by atoms with Crippen LogP contribution in [0.15, 0.2) is 97.3 Å². The Balaban J connectivity index is 1.57. The molecular weight excluding hydrogens is 472 g/mol. The van der Waals surface area contributed by atoms with Gasteiger partial charge in [-0.1, -0.05) is 73.3 Å². The number of imidazole rings is 1. The largest absolute Gasteiger partial charge is 0.488 e. The molecule has 0 saturated carbocycles. The number of amides is 1. The number of H-pyrrole nitrogens is 1. The maximum atomic E-state index is 13.9. The van der Waals surface area contributed by atoms with Gasteiger partial charge in [0.25, 0.3) is 0 Å². The third-order valence-corrected chi connectivity index (χ3v) is 6.33. The Hall–Kier alpha value is -3.90. The minimum atomic E-state index is -0.703. The smallest absolute Gasteiger partial charge is 0.240 e. The number of hydrogen-bond donors (Lipinski definition) is 2. The molecule has 1 aliphatic heterocycles. The van der Waals surface area contributed by atoms with Crippen molar-refractivity contribution in [1.82, 2.24) is 14.9 Å². The Morgan fingerprint density at radius 2 is 1.89 bits per heavy atom. The lowest BCUT2D eigenvalue weighted by Crippen LogP contribution is -2.47. The first-order valence-corrected chi connectivity index (χ1v) is 13.1. The molecule has 0 unspecified atom stereocenters. The van der Waals surface area contributed by atoms with Gasteiger partial charge in [0.05, 0.1) is 24.0 Å². The minimum absolute atomic E-state index is 0.123. The zero-order valence-electron chi connectivity index (χ0n) is 22.6. The van der Waals surface area contributed by atoms with Crippen molar-refractivity contribution >= 4 is 5.91 Å². The zero-order valence-corrected chi connectivity index (χ0v) is 22.6. The summed E-state index contributed by atoms with van der Waals surface area (Å²) in [6, 6.07) is 16.9. The first-order chi connectivity index (χ1) is 18.2. The van der Waals surface area contributed by atoms with E-state index in [1.54, 1.807) is 0 Å². The fourth-order valence-electron chi connectivity index (χ4n) is 4.55. The van der Waals surface area contributed by atoms with Gasteiger partial charge in [-0.25, -0.2) is 4.98 Å². The summed E-state index contributed by atoms with van der Waals surface area (Å²) in [7, 11) is 0. The number of carbonyl (C=O) groups excluding carboxylic acids is 1. The van der Waals surface area contributed by atoms with Gasteiger partial charge in [-0.2, -0.15) is 0 Å². The van der Waals surface area contributed by atoms with Crippen molar-refractivity contribution in [1.29, 1.82) is 0 Å². The average Bonchev–Trinajstić information content (AvgIpc) is 3.38. The van der Waals surface area contributed by atoms with E-state index in [9.17, 15) is 4.79 Å². The molecule has 6 nitrogen and oxygen atoms in total. The monoisotopic (exact) mass is 510 g/mol. The Kier molecular flexibility index (Phi) is 8.64. The third-order valence-electron chi connectivity index (χ3n) is 6.33. The fourth-order valence-corrected chi connectivity index (χ4v) is 4.55. The molecule has 0 aliphatic carbocycles. The summed E-state index contributed by atoms with van der Waals surface area (Å²) in [5.74, 6) is 1.42. The summed E-state index contributed by atoms with van der Waals surface area (Å²) in [5, 5.41) is 0. The van der Waals surface area contributed by atoms with Crippen molar-refractivity contribution in [3.63, 3.8) is 0 Å². The van der Waals surface area contributed by atoms with Crippen LogP contribution >= 0.6 is 0 Å². The molecule has 2 aromatic carbocycles. The highest BCUT2D eigenvalue weighted by atomic mass is 16.5. The highest BCUT2D eigenvalue weighted by molar-refractivity contribution is 5.82. The Morgan fingerprint density at radius 3 is 2.61 bits per heavy atom. The van der Waals surface area contributed by atoms with Crippen molar-refractivity contribution in [2.75, 3.05) is 6.54 Å². The van der Waals surface area contributed by atoms with E-state index in [1.165, 1.54) is 0 Å². The number of hydrogen-bond acceptors (Lipinski definition) is 4. The summed E-state index contributed by atoms with van der Waals surface area (Å²) < 4.78 is 5.92. The van der Waals surface area contributed by atoms with E-state index in [1.807, 2.05) is 105 Å². The van der Waals surface area contributed by atoms with Crippen LogP contribution in [0, 0.1) is 0 Å². The summed E-state index contributed by atoms with van der Waals surface area (Å²) in [6.45, 7) is 10.6. The highest BCUT2D eigenvalue weighted by Gasteiger charge is 2.31. The molecular formula is C32H38N4O2. The van der Waals surface area contributed by atoms with Crippen molar-refractivity contribution in [3.05, 3.63) is 109 Å². The van der Waals surface area contributed by atoms with Crippen LogP contribution in [0.3, 0.4) is 0 Å². The van der Waals surface area contributed by atoms with Gasteiger partial charge in [0.2, 0.25) is 5.91 Å². The molecule has 4 rings (SSSR count). The summed E-state index contributed by atoms with van der Waals surface area (Å²) >= 11 is 0. The molecule has 38 heavy (non-hydrogen) atoms. The van der Waals surface area contributed by atoms with E-state index in [4.69, 9.17) is 15.5 Å².